The SMILES string of the molecule is COC1(c2cc(C(F)F)cc(-c3cc(C)n4cnc(C)cc34)n2)CCCC1. The molecule has 1 aliphatic carbocycles. The van der Waals surface area contributed by atoms with Gasteiger partial charge in [0, 0.05) is 29.6 Å². The highest BCUT2D eigenvalue weighted by Crippen LogP contribution is 2.42. The number of hydrogen-bond donors (Lipinski definition) is 0. The Labute approximate surface area is 157 Å². The summed E-state index contributed by atoms with van der Waals surface area (Å²) in [7, 11) is 1.65. The van der Waals surface area contributed by atoms with Crippen LogP contribution in [0.3, 0.4) is 0 Å². The van der Waals surface area contributed by atoms with Crippen molar-refractivity contribution in [2.45, 2.75) is 51.6 Å². The molecule has 0 atom stereocenters. The lowest BCUT2D eigenvalue weighted by molar-refractivity contribution is -0.0125. The van der Waals surface area contributed by atoms with E-state index in [-0.39, 0.29) is 5.56 Å². The van der Waals surface area contributed by atoms with Crippen molar-refractivity contribution in [2.75, 3.05) is 7.11 Å². The molecule has 0 N–H and O–H groups in total. The van der Waals surface area contributed by atoms with E-state index in [2.05, 4.69) is 4.98 Å². The highest BCUT2D eigenvalue weighted by Gasteiger charge is 2.38. The minimum absolute atomic E-state index is 0.0129. The maximum atomic E-state index is 13.7. The molecule has 0 radical (unpaired) electrons. The molecule has 3 heterocycles. The Kier molecular flexibility index (Phi) is 4.46. The van der Waals surface area contributed by atoms with Crippen molar-refractivity contribution >= 4 is 5.52 Å². The van der Waals surface area contributed by atoms with Gasteiger partial charge in [0.15, 0.2) is 0 Å². The first kappa shape index (κ1) is 18.0. The number of halogens is 2. The number of ether oxygens (including phenoxy) is 1. The van der Waals surface area contributed by atoms with Gasteiger partial charge in [-0.2, -0.15) is 0 Å². The molecular weight excluding hydrogens is 348 g/mol. The molecule has 4 nitrogen and oxygen atoms in total. The minimum atomic E-state index is -2.56. The second kappa shape index (κ2) is 6.68. The lowest BCUT2D eigenvalue weighted by Crippen LogP contribution is -2.26. The third kappa shape index (κ3) is 3.02. The van der Waals surface area contributed by atoms with Gasteiger partial charge in [-0.05, 0) is 51.0 Å². The predicted molar refractivity (Wildman–Crippen MR) is 100 cm³/mol. The standard InChI is InChI=1S/C21H23F2N3O/c1-13-8-18-16(9-14(2)26(18)12-24-13)17-10-15(20(22)23)11-19(25-17)21(27-3)6-4-5-7-21/h8-12,20H,4-7H2,1-3H3. The molecule has 0 spiro atoms. The molecule has 0 amide bonds. The van der Waals surface area contributed by atoms with Crippen LogP contribution in [0, 0.1) is 13.8 Å². The molecule has 3 aromatic heterocycles. The van der Waals surface area contributed by atoms with Crippen molar-refractivity contribution in [3.63, 3.8) is 0 Å². The third-order valence-electron chi connectivity index (χ3n) is 5.64. The second-order valence-corrected chi connectivity index (χ2v) is 7.36. The van der Waals surface area contributed by atoms with E-state index in [9.17, 15) is 8.78 Å². The molecular formula is C21H23F2N3O. The lowest BCUT2D eigenvalue weighted by atomic mass is 9.94. The summed E-state index contributed by atoms with van der Waals surface area (Å²) in [5, 5.41) is 0. The fourth-order valence-corrected chi connectivity index (χ4v) is 4.12. The number of nitrogens with zero attached hydrogens (tertiary/aromatic N) is 3. The van der Waals surface area contributed by atoms with Gasteiger partial charge >= 0.3 is 0 Å². The molecule has 142 valence electrons. The number of aryl methyl sites for hydroxylation is 2. The zero-order valence-electron chi connectivity index (χ0n) is 15.8. The number of alkyl halides is 2. The van der Waals surface area contributed by atoms with Crippen LogP contribution in [0.25, 0.3) is 16.8 Å². The van der Waals surface area contributed by atoms with E-state index in [1.807, 2.05) is 30.4 Å². The second-order valence-electron chi connectivity index (χ2n) is 7.36. The van der Waals surface area contributed by atoms with Gasteiger partial charge in [0.25, 0.3) is 6.43 Å². The molecule has 27 heavy (non-hydrogen) atoms. The van der Waals surface area contributed by atoms with Crippen LogP contribution in [0.5, 0.6) is 0 Å². The zero-order chi connectivity index (χ0) is 19.2. The Morgan fingerprint density at radius 2 is 1.85 bits per heavy atom. The number of pyridine rings is 1. The van der Waals surface area contributed by atoms with Crippen LogP contribution in [0.2, 0.25) is 0 Å². The van der Waals surface area contributed by atoms with Gasteiger partial charge in [-0.15, -0.1) is 0 Å². The molecule has 1 saturated carbocycles. The summed E-state index contributed by atoms with van der Waals surface area (Å²) in [6.45, 7) is 3.89. The molecule has 0 saturated heterocycles. The molecule has 4 rings (SSSR count). The fraction of sp³-hybridized carbons (Fsp3) is 0.429. The summed E-state index contributed by atoms with van der Waals surface area (Å²) in [6, 6.07) is 6.95. The highest BCUT2D eigenvalue weighted by atomic mass is 19.3. The Bertz CT molecular complexity index is 991. The quantitative estimate of drug-likeness (QED) is 0.619. The van der Waals surface area contributed by atoms with E-state index in [4.69, 9.17) is 9.72 Å². The molecule has 0 aliphatic heterocycles. The van der Waals surface area contributed by atoms with E-state index in [1.165, 1.54) is 12.1 Å². The topological polar surface area (TPSA) is 39.4 Å². The molecule has 0 bridgehead atoms. The van der Waals surface area contributed by atoms with Crippen molar-refractivity contribution < 1.29 is 13.5 Å². The molecule has 3 aromatic rings. The minimum Gasteiger partial charge on any atom is -0.372 e. The first-order valence-electron chi connectivity index (χ1n) is 9.24. The van der Waals surface area contributed by atoms with Gasteiger partial charge in [0.05, 0.1) is 23.2 Å². The van der Waals surface area contributed by atoms with Gasteiger partial charge in [-0.3, -0.25) is 0 Å². The fourth-order valence-electron chi connectivity index (χ4n) is 4.12. The van der Waals surface area contributed by atoms with Crippen molar-refractivity contribution in [1.29, 1.82) is 0 Å². The predicted octanol–water partition coefficient (Wildman–Crippen LogP) is 5.37. The monoisotopic (exact) mass is 371 g/mol. The maximum Gasteiger partial charge on any atom is 0.263 e. The average Bonchev–Trinajstić information content (AvgIpc) is 3.27. The Morgan fingerprint density at radius 3 is 2.52 bits per heavy atom. The van der Waals surface area contributed by atoms with E-state index in [0.29, 0.717) is 11.4 Å². The van der Waals surface area contributed by atoms with Crippen molar-refractivity contribution in [2.24, 2.45) is 0 Å². The van der Waals surface area contributed by atoms with Gasteiger partial charge in [0.1, 0.15) is 5.60 Å². The molecule has 0 aromatic carbocycles. The Hall–Kier alpha value is -2.34. The molecule has 1 aliphatic rings. The van der Waals surface area contributed by atoms with Crippen molar-refractivity contribution in [3.05, 3.63) is 53.2 Å². The van der Waals surface area contributed by atoms with Crippen molar-refractivity contribution in [1.82, 2.24) is 14.4 Å². The van der Waals surface area contributed by atoms with Crippen LogP contribution >= 0.6 is 0 Å². The van der Waals surface area contributed by atoms with Crippen LogP contribution in [0.15, 0.2) is 30.6 Å². The van der Waals surface area contributed by atoms with Crippen LogP contribution in [0.4, 0.5) is 8.78 Å². The summed E-state index contributed by atoms with van der Waals surface area (Å²) in [5.41, 5.74) is 4.20. The van der Waals surface area contributed by atoms with Gasteiger partial charge in [-0.25, -0.2) is 18.7 Å². The number of fused-ring (bicyclic) bond motifs is 1. The first-order valence-corrected chi connectivity index (χ1v) is 9.24. The summed E-state index contributed by atoms with van der Waals surface area (Å²) in [4.78, 5) is 9.14. The van der Waals surface area contributed by atoms with Gasteiger partial charge in [0.2, 0.25) is 0 Å². The van der Waals surface area contributed by atoms with E-state index in [1.54, 1.807) is 13.4 Å². The summed E-state index contributed by atoms with van der Waals surface area (Å²) in [6.07, 6.45) is 2.85. The van der Waals surface area contributed by atoms with Crippen LogP contribution in [0.1, 0.15) is 54.8 Å². The number of methoxy groups -OCH3 is 1. The zero-order valence-corrected chi connectivity index (χ0v) is 15.8. The third-order valence-corrected chi connectivity index (χ3v) is 5.64. The van der Waals surface area contributed by atoms with E-state index >= 15 is 0 Å². The normalized spacial score (nSPS) is 16.5. The smallest absolute Gasteiger partial charge is 0.263 e. The summed E-state index contributed by atoms with van der Waals surface area (Å²) in [5.74, 6) is 0. The van der Waals surface area contributed by atoms with Crippen LogP contribution in [-0.4, -0.2) is 21.5 Å². The number of rotatable bonds is 4. The first-order chi connectivity index (χ1) is 12.9. The molecule has 6 heteroatoms. The Morgan fingerprint density at radius 1 is 1.11 bits per heavy atom. The number of hydrogen-bond acceptors (Lipinski definition) is 3. The average molecular weight is 371 g/mol. The highest BCUT2D eigenvalue weighted by molar-refractivity contribution is 5.80. The summed E-state index contributed by atoms with van der Waals surface area (Å²) >= 11 is 0. The van der Waals surface area contributed by atoms with E-state index < -0.39 is 12.0 Å². The number of aromatic nitrogens is 3. The summed E-state index contributed by atoms with van der Waals surface area (Å²) < 4.78 is 35.1. The lowest BCUT2D eigenvalue weighted by Gasteiger charge is -2.27. The molecule has 0 unspecified atom stereocenters. The van der Waals surface area contributed by atoms with Crippen LogP contribution in [-0.2, 0) is 10.3 Å². The maximum absolute atomic E-state index is 13.7. The Balaban J connectivity index is 1.95. The largest absolute Gasteiger partial charge is 0.372 e. The van der Waals surface area contributed by atoms with Crippen molar-refractivity contribution in [3.8, 4) is 11.3 Å². The van der Waals surface area contributed by atoms with Gasteiger partial charge in [-0.1, -0.05) is 12.8 Å². The molecule has 1 fully saturated rings. The van der Waals surface area contributed by atoms with Gasteiger partial charge < -0.3 is 9.14 Å². The van der Waals surface area contributed by atoms with Crippen LogP contribution < -0.4 is 0 Å². The van der Waals surface area contributed by atoms with E-state index in [0.717, 1.165) is 48.2 Å².